The molecule has 0 aliphatic carbocycles. The summed E-state index contributed by atoms with van der Waals surface area (Å²) < 4.78 is 5.10. The highest BCUT2D eigenvalue weighted by Gasteiger charge is 2.23. The quantitative estimate of drug-likeness (QED) is 0.837. The Labute approximate surface area is 173 Å². The van der Waals surface area contributed by atoms with Gasteiger partial charge in [-0.2, -0.15) is 0 Å². The summed E-state index contributed by atoms with van der Waals surface area (Å²) in [5.41, 5.74) is 2.31. The zero-order valence-electron chi connectivity index (χ0n) is 18.0. The second-order valence-corrected chi connectivity index (χ2v) is 8.25. The molecule has 2 heterocycles. The topological polar surface area (TPSA) is 70.6 Å². The van der Waals surface area contributed by atoms with Crippen LogP contribution in [0.1, 0.15) is 39.1 Å². The first-order valence-corrected chi connectivity index (χ1v) is 10.2. The Balaban J connectivity index is 1.76. The molecular weight excluding hydrogens is 366 g/mol. The largest absolute Gasteiger partial charge is 0.450 e. The van der Waals surface area contributed by atoms with Gasteiger partial charge in [-0.05, 0) is 30.9 Å². The number of rotatable bonds is 4. The molecule has 1 aliphatic heterocycles. The van der Waals surface area contributed by atoms with Gasteiger partial charge in [-0.15, -0.1) is 0 Å². The number of aromatic nitrogens is 2. The van der Waals surface area contributed by atoms with Crippen LogP contribution in [-0.4, -0.2) is 53.7 Å². The number of aryl methyl sites for hydroxylation is 1. The molecule has 0 bridgehead atoms. The van der Waals surface area contributed by atoms with Gasteiger partial charge in [0.2, 0.25) is 0 Å². The van der Waals surface area contributed by atoms with Crippen LogP contribution in [0.25, 0.3) is 0 Å². The van der Waals surface area contributed by atoms with Crippen LogP contribution in [0.4, 0.5) is 22.1 Å². The zero-order valence-corrected chi connectivity index (χ0v) is 18.0. The van der Waals surface area contributed by atoms with Gasteiger partial charge >= 0.3 is 6.09 Å². The van der Waals surface area contributed by atoms with Crippen molar-refractivity contribution in [3.8, 4) is 0 Å². The van der Waals surface area contributed by atoms with E-state index in [-0.39, 0.29) is 11.5 Å². The van der Waals surface area contributed by atoms with Gasteiger partial charge in [0.15, 0.2) is 0 Å². The highest BCUT2D eigenvalue weighted by Crippen LogP contribution is 2.31. The molecule has 0 radical (unpaired) electrons. The maximum atomic E-state index is 11.9. The van der Waals surface area contributed by atoms with Crippen molar-refractivity contribution in [3.63, 3.8) is 0 Å². The number of para-hydroxylation sites is 1. The predicted octanol–water partition coefficient (Wildman–Crippen LogP) is 4.10. The van der Waals surface area contributed by atoms with Crippen molar-refractivity contribution in [2.75, 3.05) is 43.0 Å². The molecule has 1 aromatic carbocycles. The highest BCUT2D eigenvalue weighted by atomic mass is 16.6. The number of nitrogens with one attached hydrogen (secondary N) is 1. The summed E-state index contributed by atoms with van der Waals surface area (Å²) in [4.78, 5) is 25.0. The molecule has 1 amide bonds. The number of carbonyl (C=O) groups excluding carboxylic acids is 1. The van der Waals surface area contributed by atoms with E-state index in [9.17, 15) is 4.79 Å². The summed E-state index contributed by atoms with van der Waals surface area (Å²) in [6.45, 7) is 13.4. The molecule has 1 fully saturated rings. The van der Waals surface area contributed by atoms with Crippen LogP contribution in [0, 0.1) is 6.92 Å². The molecule has 29 heavy (non-hydrogen) atoms. The molecule has 0 atom stereocenters. The summed E-state index contributed by atoms with van der Waals surface area (Å²) in [6, 6.07) is 10.3. The minimum Gasteiger partial charge on any atom is -0.450 e. The van der Waals surface area contributed by atoms with Crippen LogP contribution in [-0.2, 0) is 10.2 Å². The second kappa shape index (κ2) is 8.68. The number of carbonyl (C=O) groups is 1. The third kappa shape index (κ3) is 5.16. The van der Waals surface area contributed by atoms with Crippen LogP contribution in [0.5, 0.6) is 0 Å². The minimum absolute atomic E-state index is 0.0257. The van der Waals surface area contributed by atoms with E-state index in [4.69, 9.17) is 4.74 Å². The standard InChI is InChI=1S/C22H31N5O2/c1-6-29-21(28)27-13-11-26(12-14-27)20-15-19(23-16(2)24-20)25-18-10-8-7-9-17(18)22(3,4)5/h7-10,15H,6,11-14H2,1-5H3,(H,23,24,25). The Morgan fingerprint density at radius 1 is 1.14 bits per heavy atom. The lowest BCUT2D eigenvalue weighted by Crippen LogP contribution is -2.49. The van der Waals surface area contributed by atoms with Gasteiger partial charge in [-0.1, -0.05) is 39.0 Å². The minimum atomic E-state index is -0.243. The Bertz CT molecular complexity index is 855. The Hall–Kier alpha value is -2.83. The van der Waals surface area contributed by atoms with Crippen molar-refractivity contribution in [2.45, 2.75) is 40.0 Å². The first kappa shape index (κ1) is 20.9. The average molecular weight is 398 g/mol. The molecule has 7 nitrogen and oxygen atoms in total. The fourth-order valence-corrected chi connectivity index (χ4v) is 3.49. The molecule has 7 heteroatoms. The molecule has 3 rings (SSSR count). The molecule has 1 saturated heterocycles. The maximum Gasteiger partial charge on any atom is 0.409 e. The molecule has 1 N–H and O–H groups in total. The van der Waals surface area contributed by atoms with E-state index >= 15 is 0 Å². The molecule has 1 aromatic heterocycles. The summed E-state index contributed by atoms with van der Waals surface area (Å²) >= 11 is 0. The predicted molar refractivity (Wildman–Crippen MR) is 116 cm³/mol. The molecule has 0 spiro atoms. The molecule has 0 unspecified atom stereocenters. The first-order chi connectivity index (χ1) is 13.8. The van der Waals surface area contributed by atoms with E-state index in [1.807, 2.05) is 26.0 Å². The molecule has 1 aliphatic rings. The summed E-state index contributed by atoms with van der Waals surface area (Å²) in [5, 5.41) is 3.48. The number of hydrogen-bond acceptors (Lipinski definition) is 6. The third-order valence-corrected chi connectivity index (χ3v) is 4.95. The number of anilines is 3. The van der Waals surface area contributed by atoms with Crippen LogP contribution < -0.4 is 10.2 Å². The third-order valence-electron chi connectivity index (χ3n) is 4.95. The van der Waals surface area contributed by atoms with E-state index in [0.717, 1.165) is 17.3 Å². The zero-order chi connectivity index (χ0) is 21.0. The Kier molecular flexibility index (Phi) is 6.25. The highest BCUT2D eigenvalue weighted by molar-refractivity contribution is 5.68. The molecular formula is C22H31N5O2. The van der Waals surface area contributed by atoms with E-state index < -0.39 is 0 Å². The molecule has 0 saturated carbocycles. The Morgan fingerprint density at radius 3 is 2.48 bits per heavy atom. The smallest absolute Gasteiger partial charge is 0.409 e. The van der Waals surface area contributed by atoms with Crippen molar-refractivity contribution in [1.29, 1.82) is 0 Å². The number of hydrogen-bond donors (Lipinski definition) is 1. The summed E-state index contributed by atoms with van der Waals surface area (Å²) in [7, 11) is 0. The lowest BCUT2D eigenvalue weighted by atomic mass is 9.86. The summed E-state index contributed by atoms with van der Waals surface area (Å²) in [5.74, 6) is 2.36. The average Bonchev–Trinajstić information content (AvgIpc) is 2.67. The van der Waals surface area contributed by atoms with Crippen LogP contribution in [0.3, 0.4) is 0 Å². The van der Waals surface area contributed by atoms with Gasteiger partial charge in [0, 0.05) is 37.9 Å². The fourth-order valence-electron chi connectivity index (χ4n) is 3.49. The van der Waals surface area contributed by atoms with Gasteiger partial charge in [0.1, 0.15) is 17.5 Å². The number of benzene rings is 1. The second-order valence-electron chi connectivity index (χ2n) is 8.25. The number of nitrogens with zero attached hydrogens (tertiary/aromatic N) is 4. The summed E-state index contributed by atoms with van der Waals surface area (Å²) in [6.07, 6.45) is -0.243. The van der Waals surface area contributed by atoms with E-state index in [0.29, 0.717) is 38.6 Å². The Morgan fingerprint density at radius 2 is 1.83 bits per heavy atom. The van der Waals surface area contributed by atoms with Crippen LogP contribution >= 0.6 is 0 Å². The number of ether oxygens (including phenoxy) is 1. The normalized spacial score (nSPS) is 14.7. The van der Waals surface area contributed by atoms with Crippen molar-refractivity contribution < 1.29 is 9.53 Å². The van der Waals surface area contributed by atoms with Crippen molar-refractivity contribution in [1.82, 2.24) is 14.9 Å². The van der Waals surface area contributed by atoms with Gasteiger partial charge < -0.3 is 19.9 Å². The maximum absolute atomic E-state index is 11.9. The number of amides is 1. The van der Waals surface area contributed by atoms with Crippen molar-refractivity contribution >= 4 is 23.4 Å². The van der Waals surface area contributed by atoms with Gasteiger partial charge in [0.25, 0.3) is 0 Å². The van der Waals surface area contributed by atoms with E-state index in [1.54, 1.807) is 4.90 Å². The van der Waals surface area contributed by atoms with Crippen LogP contribution in [0.2, 0.25) is 0 Å². The van der Waals surface area contributed by atoms with E-state index in [1.165, 1.54) is 5.56 Å². The number of piperazine rings is 1. The van der Waals surface area contributed by atoms with Gasteiger partial charge in [-0.25, -0.2) is 14.8 Å². The first-order valence-electron chi connectivity index (χ1n) is 10.2. The van der Waals surface area contributed by atoms with Gasteiger partial charge in [0.05, 0.1) is 6.61 Å². The van der Waals surface area contributed by atoms with Gasteiger partial charge in [-0.3, -0.25) is 0 Å². The fraction of sp³-hybridized carbons (Fsp3) is 0.500. The van der Waals surface area contributed by atoms with Crippen molar-refractivity contribution in [2.24, 2.45) is 0 Å². The SMILES string of the molecule is CCOC(=O)N1CCN(c2cc(Nc3ccccc3C(C)(C)C)nc(C)n2)CC1. The lowest BCUT2D eigenvalue weighted by molar-refractivity contribution is 0.105. The van der Waals surface area contributed by atoms with Crippen molar-refractivity contribution in [3.05, 3.63) is 41.7 Å². The van der Waals surface area contributed by atoms with Crippen LogP contribution in [0.15, 0.2) is 30.3 Å². The van der Waals surface area contributed by atoms with E-state index in [2.05, 4.69) is 59.2 Å². The molecule has 2 aromatic rings. The lowest BCUT2D eigenvalue weighted by Gasteiger charge is -2.34. The monoisotopic (exact) mass is 397 g/mol. The molecule has 156 valence electrons.